The molecule has 4 heteroatoms. The second-order valence-corrected chi connectivity index (χ2v) is 9.94. The van der Waals surface area contributed by atoms with Crippen molar-refractivity contribution in [2.45, 2.75) is 26.7 Å². The number of anilines is 1. The van der Waals surface area contributed by atoms with Crippen molar-refractivity contribution in [2.24, 2.45) is 0 Å². The van der Waals surface area contributed by atoms with E-state index < -0.39 is 0 Å². The monoisotopic (exact) mass is 532 g/mol. The van der Waals surface area contributed by atoms with Gasteiger partial charge >= 0.3 is 0 Å². The molecule has 41 heavy (non-hydrogen) atoms. The molecule has 1 aliphatic heterocycles. The van der Waals surface area contributed by atoms with Gasteiger partial charge in [0.15, 0.2) is 17.5 Å². The molecule has 200 valence electrons. The number of nitrogens with zero attached hydrogens (tertiary/aromatic N) is 4. The molecular formula is C37H32N4. The van der Waals surface area contributed by atoms with Crippen LogP contribution in [-0.4, -0.2) is 15.0 Å². The van der Waals surface area contributed by atoms with Crippen molar-refractivity contribution < 1.29 is 0 Å². The van der Waals surface area contributed by atoms with Crippen molar-refractivity contribution in [2.75, 3.05) is 4.90 Å². The molecule has 0 N–H and O–H groups in total. The summed E-state index contributed by atoms with van der Waals surface area (Å²) in [7, 11) is 0. The Bertz CT molecular complexity index is 1730. The van der Waals surface area contributed by atoms with Crippen molar-refractivity contribution in [3.8, 4) is 45.3 Å². The number of aromatic nitrogens is 3. The van der Waals surface area contributed by atoms with E-state index >= 15 is 0 Å². The molecule has 4 nitrogen and oxygen atoms in total. The number of allylic oxidation sites excluding steroid dienone is 4. The Morgan fingerprint density at radius 3 is 1.80 bits per heavy atom. The topological polar surface area (TPSA) is 41.9 Å². The van der Waals surface area contributed by atoms with Crippen LogP contribution in [0.4, 0.5) is 5.69 Å². The third-order valence-corrected chi connectivity index (χ3v) is 7.12. The minimum Gasteiger partial charge on any atom is -0.315 e. The van der Waals surface area contributed by atoms with Crippen LogP contribution < -0.4 is 4.90 Å². The Morgan fingerprint density at radius 1 is 0.634 bits per heavy atom. The second-order valence-electron chi connectivity index (χ2n) is 9.94. The molecule has 0 amide bonds. The fraction of sp³-hybridized carbons (Fsp3) is 0.108. The maximum atomic E-state index is 5.00. The number of hydrogen-bond donors (Lipinski definition) is 0. The molecule has 2 heterocycles. The van der Waals surface area contributed by atoms with Crippen molar-refractivity contribution in [1.82, 2.24) is 15.0 Å². The highest BCUT2D eigenvalue weighted by atomic mass is 15.2. The van der Waals surface area contributed by atoms with E-state index in [2.05, 4.69) is 116 Å². The Kier molecular flexibility index (Phi) is 7.63. The molecule has 0 bridgehead atoms. The summed E-state index contributed by atoms with van der Waals surface area (Å²) in [6.07, 6.45) is 10.7. The summed E-state index contributed by atoms with van der Waals surface area (Å²) in [5.74, 6) is 1.96. The Labute approximate surface area is 242 Å². The smallest absolute Gasteiger partial charge is 0.164 e. The summed E-state index contributed by atoms with van der Waals surface area (Å²) in [6, 6.07) is 37.4. The van der Waals surface area contributed by atoms with Crippen LogP contribution in [-0.2, 0) is 0 Å². The zero-order valence-corrected chi connectivity index (χ0v) is 23.4. The molecule has 0 atom stereocenters. The summed E-state index contributed by atoms with van der Waals surface area (Å²) < 4.78 is 0. The van der Waals surface area contributed by atoms with E-state index in [4.69, 9.17) is 15.0 Å². The second kappa shape index (κ2) is 12.0. The number of hydrogen-bond acceptors (Lipinski definition) is 4. The Morgan fingerprint density at radius 2 is 1.17 bits per heavy atom. The van der Waals surface area contributed by atoms with Crippen LogP contribution in [0.2, 0.25) is 0 Å². The zero-order chi connectivity index (χ0) is 28.0. The molecular weight excluding hydrogens is 500 g/mol. The lowest BCUT2D eigenvalue weighted by Crippen LogP contribution is -2.16. The van der Waals surface area contributed by atoms with Crippen molar-refractivity contribution >= 4 is 5.69 Å². The first-order valence-corrected chi connectivity index (χ1v) is 14.1. The molecule has 5 aromatic rings. The van der Waals surface area contributed by atoms with E-state index in [-0.39, 0.29) is 0 Å². The third-order valence-electron chi connectivity index (χ3n) is 7.12. The molecule has 0 saturated heterocycles. The van der Waals surface area contributed by atoms with E-state index in [9.17, 15) is 0 Å². The van der Waals surface area contributed by atoms with Gasteiger partial charge in [-0.3, -0.25) is 0 Å². The standard InChI is InChI=1S/C37H32N4/c1-3-12-32-24-25-33(13-4-2)41(32)34-19-11-18-31(26-34)37-39-35(29-16-9-6-10-17-29)38-36(40-37)30-22-20-28(21-23-30)27-14-7-5-8-15-27/h3,5-24,26H,4,25H2,1-2H3/b12-3-,33-13+. The molecule has 6 rings (SSSR count). The normalized spacial score (nSPS) is 14.1. The molecule has 0 radical (unpaired) electrons. The first-order valence-electron chi connectivity index (χ1n) is 14.1. The zero-order valence-electron chi connectivity index (χ0n) is 23.4. The summed E-state index contributed by atoms with van der Waals surface area (Å²) >= 11 is 0. The Balaban J connectivity index is 1.44. The molecule has 4 aromatic carbocycles. The van der Waals surface area contributed by atoms with Crippen LogP contribution in [0.3, 0.4) is 0 Å². The fourth-order valence-electron chi connectivity index (χ4n) is 5.17. The van der Waals surface area contributed by atoms with Gasteiger partial charge in [-0.1, -0.05) is 122 Å². The van der Waals surface area contributed by atoms with Gasteiger partial charge in [-0.05, 0) is 42.7 Å². The van der Waals surface area contributed by atoms with Gasteiger partial charge in [0.2, 0.25) is 0 Å². The highest BCUT2D eigenvalue weighted by molar-refractivity contribution is 5.73. The summed E-state index contributed by atoms with van der Waals surface area (Å²) in [5, 5.41) is 0. The predicted octanol–water partition coefficient (Wildman–Crippen LogP) is 9.50. The van der Waals surface area contributed by atoms with Gasteiger partial charge in [-0.25, -0.2) is 15.0 Å². The van der Waals surface area contributed by atoms with Crippen LogP contribution in [0.1, 0.15) is 26.7 Å². The van der Waals surface area contributed by atoms with E-state index in [0.717, 1.165) is 40.8 Å². The van der Waals surface area contributed by atoms with Crippen molar-refractivity contribution in [3.63, 3.8) is 0 Å². The lowest BCUT2D eigenvalue weighted by molar-refractivity contribution is 1.06. The molecule has 1 aliphatic rings. The van der Waals surface area contributed by atoms with Gasteiger partial charge in [-0.2, -0.15) is 0 Å². The molecule has 0 saturated carbocycles. The van der Waals surface area contributed by atoms with Crippen LogP contribution in [0, 0.1) is 0 Å². The van der Waals surface area contributed by atoms with Gasteiger partial charge in [0.1, 0.15) is 0 Å². The molecule has 1 aromatic heterocycles. The third kappa shape index (κ3) is 5.64. The van der Waals surface area contributed by atoms with Crippen molar-refractivity contribution in [1.29, 1.82) is 0 Å². The minimum atomic E-state index is 0.652. The van der Waals surface area contributed by atoms with E-state index in [1.165, 1.54) is 17.0 Å². The first-order chi connectivity index (χ1) is 20.2. The molecule has 0 fully saturated rings. The largest absolute Gasteiger partial charge is 0.315 e. The van der Waals surface area contributed by atoms with E-state index in [0.29, 0.717) is 17.5 Å². The van der Waals surface area contributed by atoms with Gasteiger partial charge in [0, 0.05) is 40.2 Å². The average Bonchev–Trinajstić information content (AvgIpc) is 3.44. The number of rotatable bonds is 7. The average molecular weight is 533 g/mol. The Hall–Kier alpha value is -5.09. The summed E-state index contributed by atoms with van der Waals surface area (Å²) in [6.45, 7) is 4.24. The summed E-state index contributed by atoms with van der Waals surface area (Å²) in [4.78, 5) is 17.2. The molecule has 0 unspecified atom stereocenters. The van der Waals surface area contributed by atoms with Crippen LogP contribution in [0.25, 0.3) is 45.3 Å². The maximum Gasteiger partial charge on any atom is 0.164 e. The highest BCUT2D eigenvalue weighted by Crippen LogP contribution is 2.35. The van der Waals surface area contributed by atoms with Gasteiger partial charge in [0.25, 0.3) is 0 Å². The van der Waals surface area contributed by atoms with Gasteiger partial charge in [0.05, 0.1) is 0 Å². The lowest BCUT2D eigenvalue weighted by atomic mass is 10.0. The number of benzene rings is 4. The fourth-order valence-corrected chi connectivity index (χ4v) is 5.17. The summed E-state index contributed by atoms with van der Waals surface area (Å²) in [5.41, 5.74) is 8.77. The SMILES string of the molecule is C/C=C\C1=CC/C(=C\CC)N1c1cccc(-c2nc(-c3ccccc3)nc(-c3ccc(-c4ccccc4)cc3)n2)c1. The van der Waals surface area contributed by atoms with Gasteiger partial charge in [-0.15, -0.1) is 0 Å². The molecule has 0 spiro atoms. The van der Waals surface area contributed by atoms with E-state index in [1.807, 2.05) is 36.4 Å². The maximum absolute atomic E-state index is 5.00. The molecule has 0 aliphatic carbocycles. The first kappa shape index (κ1) is 26.1. The minimum absolute atomic E-state index is 0.652. The van der Waals surface area contributed by atoms with Crippen molar-refractivity contribution in [3.05, 3.63) is 145 Å². The lowest BCUT2D eigenvalue weighted by Gasteiger charge is -2.24. The van der Waals surface area contributed by atoms with Crippen LogP contribution in [0.5, 0.6) is 0 Å². The quantitative estimate of drug-likeness (QED) is 0.209. The van der Waals surface area contributed by atoms with Crippen LogP contribution >= 0.6 is 0 Å². The highest BCUT2D eigenvalue weighted by Gasteiger charge is 2.21. The van der Waals surface area contributed by atoms with Crippen LogP contribution in [0.15, 0.2) is 145 Å². The van der Waals surface area contributed by atoms with E-state index in [1.54, 1.807) is 0 Å². The van der Waals surface area contributed by atoms with Gasteiger partial charge < -0.3 is 4.90 Å². The predicted molar refractivity (Wildman–Crippen MR) is 170 cm³/mol.